The average Bonchev–Trinajstić information content (AvgIpc) is 3.61. The number of nitrogens with one attached hydrogen (secondary N) is 1. The first-order valence-electron chi connectivity index (χ1n) is 10.7. The molecule has 4 rings (SSSR count). The molecule has 1 aliphatic rings. The lowest BCUT2D eigenvalue weighted by Gasteiger charge is -2.23. The molecule has 11 heteroatoms. The number of hydrogen-bond donors (Lipinski definition) is 1. The van der Waals surface area contributed by atoms with Gasteiger partial charge in [0.05, 0.1) is 17.0 Å². The fourth-order valence-corrected chi connectivity index (χ4v) is 3.89. The highest BCUT2D eigenvalue weighted by atomic mass is 19.3. The van der Waals surface area contributed by atoms with Gasteiger partial charge in [0, 0.05) is 50.4 Å². The number of rotatable bonds is 6. The lowest BCUT2D eigenvalue weighted by Crippen LogP contribution is -2.38. The Bertz CT molecular complexity index is 1410. The Hall–Kier alpha value is -3.63. The van der Waals surface area contributed by atoms with Gasteiger partial charge in [-0.3, -0.25) is 14.4 Å². The van der Waals surface area contributed by atoms with Gasteiger partial charge in [0.25, 0.3) is 17.0 Å². The van der Waals surface area contributed by atoms with Crippen LogP contribution in [0.1, 0.15) is 43.0 Å². The second-order valence-electron chi connectivity index (χ2n) is 8.70. The smallest absolute Gasteiger partial charge is 0.352 e. The maximum Gasteiger partial charge on any atom is 0.352 e. The zero-order valence-electron chi connectivity index (χ0n) is 19.1. The third-order valence-corrected chi connectivity index (χ3v) is 5.91. The Labute approximate surface area is 192 Å². The van der Waals surface area contributed by atoms with E-state index in [1.165, 1.54) is 43.9 Å². The molecule has 2 heterocycles. The Morgan fingerprint density at radius 1 is 1.24 bits per heavy atom. The number of aromatic nitrogens is 3. The predicted octanol–water partition coefficient (Wildman–Crippen LogP) is 2.92. The van der Waals surface area contributed by atoms with E-state index in [1.807, 2.05) is 0 Å². The van der Waals surface area contributed by atoms with Crippen molar-refractivity contribution in [3.05, 3.63) is 68.1 Å². The van der Waals surface area contributed by atoms with Crippen LogP contribution in [0.3, 0.4) is 0 Å². The van der Waals surface area contributed by atoms with Crippen molar-refractivity contribution < 1.29 is 18.0 Å². The number of nitrogens with zero attached hydrogens (tertiary/aromatic N) is 4. The molecule has 1 saturated carbocycles. The molecule has 8 nitrogen and oxygen atoms in total. The van der Waals surface area contributed by atoms with E-state index >= 15 is 4.39 Å². The number of fused-ring (bicyclic) bond motifs is 1. The molecule has 1 amide bonds. The van der Waals surface area contributed by atoms with Crippen molar-refractivity contribution in [3.63, 3.8) is 0 Å². The van der Waals surface area contributed by atoms with Gasteiger partial charge in [0.1, 0.15) is 5.82 Å². The van der Waals surface area contributed by atoms with Crippen molar-refractivity contribution in [3.8, 4) is 0 Å². The summed E-state index contributed by atoms with van der Waals surface area (Å²) in [7, 11) is 3.75. The van der Waals surface area contributed by atoms with Crippen molar-refractivity contribution >= 4 is 22.5 Å². The number of anilines is 1. The highest BCUT2D eigenvalue weighted by Gasteiger charge is 2.45. The predicted molar refractivity (Wildman–Crippen MR) is 121 cm³/mol. The van der Waals surface area contributed by atoms with Crippen LogP contribution in [0.25, 0.3) is 10.8 Å². The maximum atomic E-state index is 15.2. The highest BCUT2D eigenvalue weighted by Crippen LogP contribution is 2.36. The minimum atomic E-state index is -4.05. The third kappa shape index (κ3) is 3.95. The van der Waals surface area contributed by atoms with E-state index in [9.17, 15) is 23.2 Å². The van der Waals surface area contributed by atoms with Crippen molar-refractivity contribution in [2.75, 3.05) is 19.4 Å². The fourth-order valence-electron chi connectivity index (χ4n) is 3.89. The minimum absolute atomic E-state index is 0.0526. The molecule has 0 saturated heterocycles. The van der Waals surface area contributed by atoms with Crippen molar-refractivity contribution in [2.24, 2.45) is 7.05 Å². The Morgan fingerprint density at radius 2 is 1.91 bits per heavy atom. The number of carbonyl (C=O) groups is 1. The van der Waals surface area contributed by atoms with Gasteiger partial charge in [-0.15, -0.1) is 0 Å². The van der Waals surface area contributed by atoms with Gasteiger partial charge >= 0.3 is 5.92 Å². The summed E-state index contributed by atoms with van der Waals surface area (Å²) in [5.41, 5.74) is -1.91. The molecule has 0 aliphatic heterocycles. The van der Waals surface area contributed by atoms with E-state index in [0.717, 1.165) is 23.6 Å². The SMILES string of the molecule is C[C@H](Nc1nn(C)c(=O)c2cc(=O)n(C3CC3)cc12)c1cccc(C(F)(F)C(=O)N(C)C)c1F. The number of aryl methyl sites for hydroxylation is 1. The maximum absolute atomic E-state index is 15.2. The van der Waals surface area contributed by atoms with E-state index in [0.29, 0.717) is 10.3 Å². The number of hydrogen-bond acceptors (Lipinski definition) is 5. The molecular formula is C23H24F3N5O3. The van der Waals surface area contributed by atoms with E-state index < -0.39 is 34.8 Å². The van der Waals surface area contributed by atoms with Gasteiger partial charge in [0.2, 0.25) is 0 Å². The van der Waals surface area contributed by atoms with E-state index in [1.54, 1.807) is 13.1 Å². The lowest BCUT2D eigenvalue weighted by molar-refractivity contribution is -0.156. The van der Waals surface area contributed by atoms with E-state index in [4.69, 9.17) is 0 Å². The van der Waals surface area contributed by atoms with Gasteiger partial charge in [-0.2, -0.15) is 13.9 Å². The van der Waals surface area contributed by atoms with Crippen LogP contribution in [0.2, 0.25) is 0 Å². The monoisotopic (exact) mass is 475 g/mol. The molecule has 180 valence electrons. The first-order valence-corrected chi connectivity index (χ1v) is 10.7. The molecule has 1 N–H and O–H groups in total. The molecule has 2 aromatic heterocycles. The van der Waals surface area contributed by atoms with Gasteiger partial charge in [-0.05, 0) is 25.8 Å². The summed E-state index contributed by atoms with van der Waals surface area (Å²) < 4.78 is 47.1. The molecular weight excluding hydrogens is 451 g/mol. The summed E-state index contributed by atoms with van der Waals surface area (Å²) >= 11 is 0. The molecule has 0 radical (unpaired) electrons. The van der Waals surface area contributed by atoms with Crippen LogP contribution in [-0.4, -0.2) is 39.3 Å². The molecule has 0 bridgehead atoms. The lowest BCUT2D eigenvalue weighted by atomic mass is 9.99. The summed E-state index contributed by atoms with van der Waals surface area (Å²) in [4.78, 5) is 37.6. The van der Waals surface area contributed by atoms with Gasteiger partial charge in [-0.25, -0.2) is 9.07 Å². The zero-order chi connectivity index (χ0) is 24.9. The van der Waals surface area contributed by atoms with Crippen LogP contribution in [0, 0.1) is 5.82 Å². The number of carbonyl (C=O) groups excluding carboxylic acids is 1. The highest BCUT2D eigenvalue weighted by molar-refractivity contribution is 5.90. The third-order valence-electron chi connectivity index (χ3n) is 5.91. The Morgan fingerprint density at radius 3 is 2.53 bits per heavy atom. The minimum Gasteiger partial charge on any atom is -0.361 e. The first-order chi connectivity index (χ1) is 15.9. The molecule has 1 fully saturated rings. The van der Waals surface area contributed by atoms with Crippen molar-refractivity contribution in [2.45, 2.75) is 37.8 Å². The van der Waals surface area contributed by atoms with Crippen LogP contribution >= 0.6 is 0 Å². The van der Waals surface area contributed by atoms with Crippen LogP contribution in [0.15, 0.2) is 40.1 Å². The number of halogens is 3. The largest absolute Gasteiger partial charge is 0.361 e. The zero-order valence-corrected chi connectivity index (χ0v) is 19.1. The summed E-state index contributed by atoms with van der Waals surface area (Å²) in [6.45, 7) is 1.55. The number of alkyl halides is 2. The fraction of sp³-hybridized carbons (Fsp3) is 0.391. The second-order valence-corrected chi connectivity index (χ2v) is 8.70. The molecule has 1 aromatic carbocycles. The van der Waals surface area contributed by atoms with E-state index in [-0.39, 0.29) is 28.4 Å². The quantitative estimate of drug-likeness (QED) is 0.592. The molecule has 34 heavy (non-hydrogen) atoms. The van der Waals surface area contributed by atoms with Crippen LogP contribution in [-0.2, 0) is 17.8 Å². The van der Waals surface area contributed by atoms with Gasteiger partial charge < -0.3 is 14.8 Å². The topological polar surface area (TPSA) is 89.2 Å². The first kappa shape index (κ1) is 23.5. The normalized spacial score (nSPS) is 14.8. The molecule has 3 aromatic rings. The molecule has 1 atom stereocenters. The summed E-state index contributed by atoms with van der Waals surface area (Å²) in [6.07, 6.45) is 3.25. The summed E-state index contributed by atoms with van der Waals surface area (Å²) in [6, 6.07) is 3.90. The molecule has 1 aliphatic carbocycles. The van der Waals surface area contributed by atoms with Crippen LogP contribution < -0.4 is 16.4 Å². The molecule has 0 spiro atoms. The van der Waals surface area contributed by atoms with Gasteiger partial charge in [0.15, 0.2) is 5.82 Å². The number of benzene rings is 1. The Balaban J connectivity index is 1.77. The van der Waals surface area contributed by atoms with Crippen molar-refractivity contribution in [1.29, 1.82) is 0 Å². The number of amides is 1. The second kappa shape index (κ2) is 8.30. The average molecular weight is 475 g/mol. The Kier molecular flexibility index (Phi) is 5.74. The summed E-state index contributed by atoms with van der Waals surface area (Å²) in [5, 5.41) is 7.71. The van der Waals surface area contributed by atoms with Crippen molar-refractivity contribution in [1.82, 2.24) is 19.2 Å². The van der Waals surface area contributed by atoms with Gasteiger partial charge in [-0.1, -0.05) is 12.1 Å². The molecule has 0 unspecified atom stereocenters. The standard InChI is InChI=1S/C23H24F3N5O3/c1-12(14-6-5-7-17(19(14)24)23(25,26)22(34)29(2)3)27-20-16-11-31(13-8-9-13)18(32)10-15(16)21(33)30(4)28-20/h5-7,10-13H,8-9H2,1-4H3,(H,27,28)/t12-/m0/s1. The van der Waals surface area contributed by atoms with Crippen LogP contribution in [0.5, 0.6) is 0 Å². The number of likely N-dealkylation sites (N-methyl/N-ethyl adjacent to an activating group) is 1. The van der Waals surface area contributed by atoms with Crippen LogP contribution in [0.4, 0.5) is 19.0 Å². The van der Waals surface area contributed by atoms with E-state index in [2.05, 4.69) is 10.4 Å². The summed E-state index contributed by atoms with van der Waals surface area (Å²) in [5.74, 6) is -6.61. The number of pyridine rings is 1.